The van der Waals surface area contributed by atoms with Crippen LogP contribution in [0.1, 0.15) is 23.2 Å². The maximum Gasteiger partial charge on any atom is 0.115 e. The quantitative estimate of drug-likeness (QED) is 0.754. The molecule has 3 aromatic rings. The summed E-state index contributed by atoms with van der Waals surface area (Å²) in [7, 11) is 0. The lowest BCUT2D eigenvalue weighted by atomic mass is 9.82. The molecule has 1 heterocycles. The Morgan fingerprint density at radius 2 is 1.45 bits per heavy atom. The van der Waals surface area contributed by atoms with E-state index < -0.39 is 5.60 Å². The molecule has 3 nitrogen and oxygen atoms in total. The molecule has 0 aliphatic heterocycles. The minimum absolute atomic E-state index is 0. The molecule has 0 radical (unpaired) electrons. The van der Waals surface area contributed by atoms with Crippen molar-refractivity contribution in [3.63, 3.8) is 0 Å². The second-order valence-corrected chi connectivity index (χ2v) is 5.17. The summed E-state index contributed by atoms with van der Waals surface area (Å²) in [6.45, 7) is 0. The fourth-order valence-corrected chi connectivity index (χ4v) is 2.62. The van der Waals surface area contributed by atoms with Crippen molar-refractivity contribution in [1.82, 2.24) is 9.97 Å². The second-order valence-electron chi connectivity index (χ2n) is 5.17. The van der Waals surface area contributed by atoms with E-state index in [0.29, 0.717) is 6.42 Å². The van der Waals surface area contributed by atoms with Crippen LogP contribution in [0.2, 0.25) is 0 Å². The smallest absolute Gasteiger partial charge is 0.115 e. The van der Waals surface area contributed by atoms with Gasteiger partial charge in [0, 0.05) is 11.9 Å². The number of aromatic nitrogens is 2. The molecular formula is C18H19ClN2O. The van der Waals surface area contributed by atoms with Crippen LogP contribution in [-0.4, -0.2) is 15.1 Å². The summed E-state index contributed by atoms with van der Waals surface area (Å²) in [4.78, 5) is 7.12. The van der Waals surface area contributed by atoms with E-state index in [4.69, 9.17) is 0 Å². The minimum Gasteiger partial charge on any atom is -0.380 e. The third-order valence-corrected chi connectivity index (χ3v) is 3.81. The van der Waals surface area contributed by atoms with E-state index in [1.807, 2.05) is 60.7 Å². The van der Waals surface area contributed by atoms with Gasteiger partial charge in [-0.25, -0.2) is 4.98 Å². The Kier molecular flexibility index (Phi) is 5.36. The normalized spacial score (nSPS) is 11.0. The van der Waals surface area contributed by atoms with Crippen LogP contribution in [0.3, 0.4) is 0 Å². The Hall–Kier alpha value is -2.10. The van der Waals surface area contributed by atoms with Gasteiger partial charge >= 0.3 is 0 Å². The van der Waals surface area contributed by atoms with Gasteiger partial charge in [-0.15, -0.1) is 12.4 Å². The number of nitrogens with zero attached hydrogens (tertiary/aromatic N) is 1. The zero-order valence-corrected chi connectivity index (χ0v) is 13.0. The number of nitrogens with one attached hydrogen (secondary N) is 1. The molecule has 2 N–H and O–H groups in total. The van der Waals surface area contributed by atoms with Crippen molar-refractivity contribution in [1.29, 1.82) is 0 Å². The average molecular weight is 315 g/mol. The Balaban J connectivity index is 0.00000176. The Morgan fingerprint density at radius 3 is 1.91 bits per heavy atom. The molecule has 0 aliphatic rings. The average Bonchev–Trinajstić information content (AvgIpc) is 3.08. The van der Waals surface area contributed by atoms with E-state index in [2.05, 4.69) is 9.97 Å². The van der Waals surface area contributed by atoms with Crippen LogP contribution in [0.15, 0.2) is 73.2 Å². The van der Waals surface area contributed by atoms with Crippen LogP contribution in [-0.2, 0) is 12.0 Å². The number of aryl methyl sites for hydroxylation is 1. The van der Waals surface area contributed by atoms with Gasteiger partial charge in [0.15, 0.2) is 0 Å². The largest absolute Gasteiger partial charge is 0.380 e. The van der Waals surface area contributed by atoms with Gasteiger partial charge in [0.05, 0.1) is 6.33 Å². The van der Waals surface area contributed by atoms with Gasteiger partial charge in [-0.05, 0) is 24.0 Å². The van der Waals surface area contributed by atoms with Gasteiger partial charge in [0.2, 0.25) is 0 Å². The van der Waals surface area contributed by atoms with E-state index in [-0.39, 0.29) is 12.4 Å². The van der Waals surface area contributed by atoms with Crippen molar-refractivity contribution in [2.45, 2.75) is 18.4 Å². The summed E-state index contributed by atoms with van der Waals surface area (Å²) in [5.74, 6) is 0. The van der Waals surface area contributed by atoms with Crippen molar-refractivity contribution in [2.75, 3.05) is 0 Å². The first kappa shape index (κ1) is 16.3. The number of hydrogen-bond donors (Lipinski definition) is 2. The summed E-state index contributed by atoms with van der Waals surface area (Å²) in [5.41, 5.74) is 1.86. The van der Waals surface area contributed by atoms with Gasteiger partial charge in [0.1, 0.15) is 5.60 Å². The van der Waals surface area contributed by atoms with Crippen LogP contribution in [0.4, 0.5) is 0 Å². The van der Waals surface area contributed by atoms with E-state index in [1.54, 1.807) is 12.5 Å². The van der Waals surface area contributed by atoms with Gasteiger partial charge < -0.3 is 10.1 Å². The molecule has 3 rings (SSSR count). The number of aliphatic hydroxyl groups is 1. The summed E-state index contributed by atoms with van der Waals surface area (Å²) < 4.78 is 0. The standard InChI is InChI=1S/C18H18N2O.ClH/c21-18(15-7-3-1-4-8-15,16-9-5-2-6-10-16)12-11-17-13-19-14-20-17;/h1-10,13-14,21H,11-12H2,(H,19,20);1H. The zero-order valence-electron chi connectivity index (χ0n) is 12.1. The first-order chi connectivity index (χ1) is 10.3. The molecule has 1 aromatic heterocycles. The molecule has 0 amide bonds. The molecule has 4 heteroatoms. The van der Waals surface area contributed by atoms with Gasteiger partial charge in [-0.3, -0.25) is 0 Å². The van der Waals surface area contributed by atoms with Crippen molar-refractivity contribution in [3.05, 3.63) is 90.0 Å². The summed E-state index contributed by atoms with van der Waals surface area (Å²) >= 11 is 0. The van der Waals surface area contributed by atoms with Crippen molar-refractivity contribution in [3.8, 4) is 0 Å². The maximum atomic E-state index is 11.3. The van der Waals surface area contributed by atoms with Crippen LogP contribution in [0.5, 0.6) is 0 Å². The lowest BCUT2D eigenvalue weighted by Crippen LogP contribution is -2.28. The number of hydrogen-bond acceptors (Lipinski definition) is 2. The van der Waals surface area contributed by atoms with E-state index in [1.165, 1.54) is 0 Å². The van der Waals surface area contributed by atoms with Crippen LogP contribution < -0.4 is 0 Å². The molecule has 0 bridgehead atoms. The number of aromatic amines is 1. The predicted molar refractivity (Wildman–Crippen MR) is 90.0 cm³/mol. The SMILES string of the molecule is Cl.OC(CCc1cnc[nH]1)(c1ccccc1)c1ccccc1. The molecule has 0 unspecified atom stereocenters. The van der Waals surface area contributed by atoms with E-state index in [9.17, 15) is 5.11 Å². The van der Waals surface area contributed by atoms with Gasteiger partial charge in [0.25, 0.3) is 0 Å². The summed E-state index contributed by atoms with van der Waals surface area (Å²) in [5, 5.41) is 11.3. The number of benzene rings is 2. The molecule has 0 aliphatic carbocycles. The highest BCUT2D eigenvalue weighted by molar-refractivity contribution is 5.85. The topological polar surface area (TPSA) is 48.9 Å². The molecule has 2 aromatic carbocycles. The Labute approximate surface area is 136 Å². The highest BCUT2D eigenvalue weighted by atomic mass is 35.5. The van der Waals surface area contributed by atoms with Crippen molar-refractivity contribution < 1.29 is 5.11 Å². The van der Waals surface area contributed by atoms with Gasteiger partial charge in [-0.1, -0.05) is 60.7 Å². The third-order valence-electron chi connectivity index (χ3n) is 3.81. The van der Waals surface area contributed by atoms with Gasteiger partial charge in [-0.2, -0.15) is 0 Å². The number of halogens is 1. The first-order valence-corrected chi connectivity index (χ1v) is 7.10. The molecule has 0 saturated heterocycles. The highest BCUT2D eigenvalue weighted by Crippen LogP contribution is 2.33. The van der Waals surface area contributed by atoms with Crippen molar-refractivity contribution >= 4 is 12.4 Å². The summed E-state index contributed by atoms with van der Waals surface area (Å²) in [6.07, 6.45) is 4.80. The number of H-pyrrole nitrogens is 1. The van der Waals surface area contributed by atoms with Crippen LogP contribution in [0.25, 0.3) is 0 Å². The minimum atomic E-state index is -0.992. The summed E-state index contributed by atoms with van der Waals surface area (Å²) in [6, 6.07) is 19.6. The molecule has 22 heavy (non-hydrogen) atoms. The number of imidazole rings is 1. The molecule has 0 saturated carbocycles. The molecule has 0 fully saturated rings. The Bertz CT molecular complexity index is 629. The van der Waals surface area contributed by atoms with Crippen LogP contribution >= 0.6 is 12.4 Å². The third kappa shape index (κ3) is 3.38. The molecule has 114 valence electrons. The lowest BCUT2D eigenvalue weighted by Gasteiger charge is -2.29. The molecule has 0 spiro atoms. The number of rotatable bonds is 5. The first-order valence-electron chi connectivity index (χ1n) is 7.10. The molecule has 0 atom stereocenters. The lowest BCUT2D eigenvalue weighted by molar-refractivity contribution is 0.0711. The maximum absolute atomic E-state index is 11.3. The molecular weight excluding hydrogens is 296 g/mol. The highest BCUT2D eigenvalue weighted by Gasteiger charge is 2.30. The van der Waals surface area contributed by atoms with Crippen LogP contribution in [0, 0.1) is 0 Å². The monoisotopic (exact) mass is 314 g/mol. The van der Waals surface area contributed by atoms with E-state index >= 15 is 0 Å². The fourth-order valence-electron chi connectivity index (χ4n) is 2.62. The van der Waals surface area contributed by atoms with E-state index in [0.717, 1.165) is 23.2 Å². The Morgan fingerprint density at radius 1 is 0.909 bits per heavy atom. The van der Waals surface area contributed by atoms with Crippen molar-refractivity contribution in [2.24, 2.45) is 0 Å². The second kappa shape index (κ2) is 7.25. The zero-order chi connectivity index (χ0) is 14.5. The fraction of sp³-hybridized carbons (Fsp3) is 0.167. The predicted octanol–water partition coefficient (Wildman–Crippen LogP) is 3.70.